The Morgan fingerprint density at radius 3 is 1.57 bits per heavy atom. The van der Waals surface area contributed by atoms with Gasteiger partial charge in [-0.05, 0) is 0 Å². The molecule has 1 atom stereocenters. The van der Waals surface area contributed by atoms with Crippen LogP contribution in [0.3, 0.4) is 0 Å². The Kier molecular flexibility index (Phi) is 9.01. The van der Waals surface area contributed by atoms with Gasteiger partial charge in [-0.25, -0.2) is 0 Å². The molecule has 0 heterocycles. The monoisotopic (exact) mass is 391 g/mol. The third-order valence-electron chi connectivity index (χ3n) is 3.35. The van der Waals surface area contributed by atoms with E-state index in [1.165, 1.54) is 11.6 Å². The van der Waals surface area contributed by atoms with Crippen LogP contribution in [0.4, 0.5) is 0 Å². The van der Waals surface area contributed by atoms with Crippen molar-refractivity contribution in [3.8, 4) is 0 Å². The van der Waals surface area contributed by atoms with Crippen LogP contribution in [0, 0.1) is 0 Å². The van der Waals surface area contributed by atoms with Gasteiger partial charge in [0, 0.05) is 0 Å². The minimum atomic E-state index is -0.975. The van der Waals surface area contributed by atoms with E-state index in [2.05, 4.69) is 79.4 Å². The molecule has 0 aliphatic carbocycles. The molecule has 118 valence electrons. The maximum absolute atomic E-state index is 2.53. The van der Waals surface area contributed by atoms with Crippen molar-refractivity contribution >= 4 is 18.2 Å². The second-order valence-electron chi connectivity index (χ2n) is 4.55. The van der Waals surface area contributed by atoms with Gasteiger partial charge in [-0.3, -0.25) is 0 Å². The van der Waals surface area contributed by atoms with Crippen molar-refractivity contribution in [2.24, 2.45) is 0 Å². The number of hydrogen-bond donors (Lipinski definition) is 0. The summed E-state index contributed by atoms with van der Waals surface area (Å²) < 4.78 is 3.10. The predicted molar refractivity (Wildman–Crippen MR) is 95.9 cm³/mol. The van der Waals surface area contributed by atoms with E-state index >= 15 is 0 Å². The maximum atomic E-state index is 2.53. The van der Waals surface area contributed by atoms with Crippen LogP contribution in [-0.2, 0) is 16.0 Å². The van der Waals surface area contributed by atoms with Gasteiger partial charge in [-0.15, -0.1) is 0 Å². The molecule has 0 bridgehead atoms. The summed E-state index contributed by atoms with van der Waals surface area (Å²) in [5.74, 6) is 0. The Morgan fingerprint density at radius 2 is 1.19 bits per heavy atom. The summed E-state index contributed by atoms with van der Waals surface area (Å²) in [6.07, 6.45) is 0. The zero-order valence-corrected chi connectivity index (χ0v) is 16.1. The number of rotatable bonds is 7. The van der Waals surface area contributed by atoms with Crippen LogP contribution >= 0.6 is 9.90 Å². The Hall–Kier alpha value is -0.547. The second kappa shape index (κ2) is 10.2. The van der Waals surface area contributed by atoms with Crippen LogP contribution in [0.5, 0.6) is 0 Å². The molecule has 1 nitrogen and oxygen atoms in total. The molecule has 2 aromatic carbocycles. The molecule has 2 aromatic rings. The largest absolute Gasteiger partial charge is 0.153 e. The summed E-state index contributed by atoms with van der Waals surface area (Å²) in [6, 6.07) is 22.2. The van der Waals surface area contributed by atoms with E-state index in [0.29, 0.717) is 0 Å². The van der Waals surface area contributed by atoms with Gasteiger partial charge in [0.1, 0.15) is 0 Å². The first-order valence-electron chi connectivity index (χ1n) is 7.25. The first kappa shape index (κ1) is 18.5. The van der Waals surface area contributed by atoms with Gasteiger partial charge in [-0.1, -0.05) is 0 Å². The van der Waals surface area contributed by atoms with Crippen LogP contribution < -0.4 is 8.32 Å². The Labute approximate surface area is 138 Å². The second-order valence-corrected chi connectivity index (χ2v) is 8.83. The fraction of sp³-hybridized carbons (Fsp3) is 0.333. The molecule has 21 heavy (non-hydrogen) atoms. The zero-order valence-electron chi connectivity index (χ0n) is 13.1. The van der Waals surface area contributed by atoms with E-state index in [-0.39, 0.29) is 9.90 Å². The van der Waals surface area contributed by atoms with Crippen molar-refractivity contribution in [3.63, 3.8) is 0 Å². The van der Waals surface area contributed by atoms with Gasteiger partial charge in [0.15, 0.2) is 0 Å². The standard InChI is InChI=1S/C6H14N.2C6H5.H3P.Rh/c1-4-7(5-2)6-3;2*1-2-4-6-5-3-1;;/h1,4-6H2,2-3H3;2*1-5H;1H3;. The fourth-order valence-electron chi connectivity index (χ4n) is 2.10. The minimum absolute atomic E-state index is 0. The molecule has 0 saturated carbocycles. The quantitative estimate of drug-likeness (QED) is 0.518. The Morgan fingerprint density at radius 1 is 0.762 bits per heavy atom. The van der Waals surface area contributed by atoms with Gasteiger partial charge in [0.2, 0.25) is 0 Å². The molecule has 0 N–H and O–H groups in total. The van der Waals surface area contributed by atoms with Crippen molar-refractivity contribution in [1.82, 2.24) is 4.90 Å². The molecule has 2 rings (SSSR count). The first-order valence-corrected chi connectivity index (χ1v) is 10.1. The van der Waals surface area contributed by atoms with Crippen LogP contribution in [0.2, 0.25) is 5.02 Å². The summed E-state index contributed by atoms with van der Waals surface area (Å²) in [6.45, 7) is 8.03. The van der Waals surface area contributed by atoms with Gasteiger partial charge in [-0.2, -0.15) is 9.90 Å². The summed E-state index contributed by atoms with van der Waals surface area (Å²) in [7, 11) is 0. The molecule has 1 unspecified atom stereocenters. The number of hydrogen-bond acceptors (Lipinski definition) is 1. The molecular weight excluding hydrogens is 364 g/mol. The molecule has 0 amide bonds. The molecule has 0 saturated heterocycles. The molecule has 0 spiro atoms. The van der Waals surface area contributed by atoms with Crippen molar-refractivity contribution < 1.29 is 16.0 Å². The van der Waals surface area contributed by atoms with Crippen molar-refractivity contribution in [1.29, 1.82) is 0 Å². The smallest absolute Gasteiger partial charge is 0.153 e. The third-order valence-corrected chi connectivity index (χ3v) is 7.92. The fourth-order valence-corrected chi connectivity index (χ4v) is 6.43. The van der Waals surface area contributed by atoms with E-state index in [1.807, 2.05) is 0 Å². The normalized spacial score (nSPS) is 11.1. The number of benzene rings is 2. The molecule has 0 aliphatic heterocycles. The topological polar surface area (TPSA) is 3.24 Å². The van der Waals surface area contributed by atoms with E-state index in [4.69, 9.17) is 0 Å². The third kappa shape index (κ3) is 5.63. The van der Waals surface area contributed by atoms with Crippen LogP contribution in [0.1, 0.15) is 13.8 Å². The molecule has 0 aliphatic rings. The van der Waals surface area contributed by atoms with Crippen molar-refractivity contribution in [2.45, 2.75) is 18.9 Å². The van der Waals surface area contributed by atoms with E-state index < -0.39 is 16.0 Å². The maximum Gasteiger partial charge on any atom is -0.153 e. The van der Waals surface area contributed by atoms with Gasteiger partial charge < -0.3 is 0 Å². The van der Waals surface area contributed by atoms with E-state index in [0.717, 1.165) is 13.1 Å². The summed E-state index contributed by atoms with van der Waals surface area (Å²) in [5.41, 5.74) is 0. The molecule has 0 radical (unpaired) electrons. The predicted octanol–water partition coefficient (Wildman–Crippen LogP) is 3.07. The Bertz CT molecular complexity index is 446. The average molecular weight is 391 g/mol. The first-order chi connectivity index (χ1) is 9.85. The molecule has 0 fully saturated rings. The van der Waals surface area contributed by atoms with Crippen LogP contribution in [-0.4, -0.2) is 24.5 Å². The molecule has 0 aromatic heterocycles. The average Bonchev–Trinajstić information content (AvgIpc) is 2.53. The SMILES string of the molecule is CCN(CC)C[CH2][Rh]([c]1ccccc1)[c]1ccccc1.P. The van der Waals surface area contributed by atoms with Crippen molar-refractivity contribution in [3.05, 3.63) is 60.7 Å². The molecular formula is C18H27NPRh. The van der Waals surface area contributed by atoms with Gasteiger partial charge in [0.25, 0.3) is 0 Å². The number of nitrogens with zero attached hydrogens (tertiary/aromatic N) is 1. The van der Waals surface area contributed by atoms with Gasteiger partial charge >= 0.3 is 128 Å². The zero-order chi connectivity index (χ0) is 14.2. The van der Waals surface area contributed by atoms with Gasteiger partial charge in [0.05, 0.1) is 0 Å². The van der Waals surface area contributed by atoms with Crippen molar-refractivity contribution in [2.75, 3.05) is 19.6 Å². The van der Waals surface area contributed by atoms with E-state index in [9.17, 15) is 0 Å². The Balaban J connectivity index is 0.00000220. The summed E-state index contributed by atoms with van der Waals surface area (Å²) in [5, 5.41) is 1.31. The van der Waals surface area contributed by atoms with E-state index in [1.54, 1.807) is 8.32 Å². The summed E-state index contributed by atoms with van der Waals surface area (Å²) in [4.78, 5) is 2.53. The molecule has 3 heteroatoms. The van der Waals surface area contributed by atoms with Crippen LogP contribution in [0.25, 0.3) is 0 Å². The minimum Gasteiger partial charge on any atom is -0.153 e. The summed E-state index contributed by atoms with van der Waals surface area (Å²) >= 11 is -0.975. The van der Waals surface area contributed by atoms with Crippen LogP contribution in [0.15, 0.2) is 60.7 Å².